The number of nitrogens with one attached hydrogen (secondary N) is 2. The van der Waals surface area contributed by atoms with Gasteiger partial charge in [0.05, 0.1) is 11.7 Å². The average Bonchev–Trinajstić information content (AvgIpc) is 2.86. The summed E-state index contributed by atoms with van der Waals surface area (Å²) >= 11 is 0. The summed E-state index contributed by atoms with van der Waals surface area (Å²) in [6.07, 6.45) is 6.62. The Labute approximate surface area is 190 Å². The molecule has 0 aliphatic heterocycles. The molecule has 0 aliphatic carbocycles. The molecule has 2 aromatic carbocycles. The van der Waals surface area contributed by atoms with Crippen molar-refractivity contribution in [3.8, 4) is 11.5 Å². The minimum atomic E-state index is -0.256. The SMILES string of the molecule is O=C(Nc1ccc(Oc2ccncc2)cn1)c1cccc(Nc2ccnc3ccccc23)c1. The Balaban J connectivity index is 1.28. The number of para-hydroxylation sites is 1. The Morgan fingerprint density at radius 2 is 1.67 bits per heavy atom. The number of carbonyl (C=O) groups excluding carboxylic acids is 1. The Bertz CT molecular complexity index is 1400. The molecule has 0 saturated carbocycles. The number of hydrogen-bond donors (Lipinski definition) is 2. The third-order valence-electron chi connectivity index (χ3n) is 4.92. The van der Waals surface area contributed by atoms with E-state index in [1.807, 2.05) is 42.5 Å². The molecule has 33 heavy (non-hydrogen) atoms. The molecule has 0 spiro atoms. The standard InChI is InChI=1S/C26H19N5O2/c32-26(31-25-9-8-21(17-29-25)33-20-10-13-27-14-11-20)18-4-3-5-19(16-18)30-24-12-15-28-23-7-2-1-6-22(23)24/h1-17H,(H,28,30)(H,29,31,32). The summed E-state index contributed by atoms with van der Waals surface area (Å²) in [7, 11) is 0. The highest BCUT2D eigenvalue weighted by Gasteiger charge is 2.09. The minimum Gasteiger partial charge on any atom is -0.456 e. The Kier molecular flexibility index (Phi) is 5.59. The molecule has 160 valence electrons. The lowest BCUT2D eigenvalue weighted by Gasteiger charge is -2.11. The summed E-state index contributed by atoms with van der Waals surface area (Å²) in [4.78, 5) is 25.4. The molecule has 1 amide bonds. The topological polar surface area (TPSA) is 89.0 Å². The van der Waals surface area contributed by atoms with E-state index in [1.54, 1.807) is 61.2 Å². The van der Waals surface area contributed by atoms with Gasteiger partial charge in [-0.2, -0.15) is 0 Å². The molecule has 0 unspecified atom stereocenters. The van der Waals surface area contributed by atoms with Crippen molar-refractivity contribution in [2.45, 2.75) is 0 Å². The van der Waals surface area contributed by atoms with Crippen LogP contribution in [-0.2, 0) is 0 Å². The summed E-state index contributed by atoms with van der Waals surface area (Å²) < 4.78 is 5.70. The van der Waals surface area contributed by atoms with Gasteiger partial charge in [0.2, 0.25) is 0 Å². The molecule has 0 atom stereocenters. The zero-order chi connectivity index (χ0) is 22.5. The van der Waals surface area contributed by atoms with Crippen LogP contribution in [0.25, 0.3) is 10.9 Å². The molecule has 0 fully saturated rings. The maximum Gasteiger partial charge on any atom is 0.256 e. The summed E-state index contributed by atoms with van der Waals surface area (Å²) in [6.45, 7) is 0. The molecule has 3 aromatic heterocycles. The first-order valence-electron chi connectivity index (χ1n) is 10.3. The van der Waals surface area contributed by atoms with Crippen LogP contribution in [0.15, 0.2) is 104 Å². The number of fused-ring (bicyclic) bond motifs is 1. The second kappa shape index (κ2) is 9.15. The van der Waals surface area contributed by atoms with E-state index in [-0.39, 0.29) is 5.91 Å². The first kappa shape index (κ1) is 20.1. The largest absolute Gasteiger partial charge is 0.456 e. The van der Waals surface area contributed by atoms with Crippen molar-refractivity contribution in [2.75, 3.05) is 10.6 Å². The van der Waals surface area contributed by atoms with Crippen molar-refractivity contribution in [1.29, 1.82) is 0 Å². The highest BCUT2D eigenvalue weighted by molar-refractivity contribution is 6.04. The van der Waals surface area contributed by atoms with Crippen molar-refractivity contribution in [1.82, 2.24) is 15.0 Å². The van der Waals surface area contributed by atoms with E-state index >= 15 is 0 Å². The van der Waals surface area contributed by atoms with Crippen molar-refractivity contribution in [3.05, 3.63) is 109 Å². The summed E-state index contributed by atoms with van der Waals surface area (Å²) in [5.41, 5.74) is 3.13. The molecule has 7 heteroatoms. The lowest BCUT2D eigenvalue weighted by atomic mass is 10.1. The van der Waals surface area contributed by atoms with Crippen LogP contribution in [0.5, 0.6) is 11.5 Å². The van der Waals surface area contributed by atoms with Gasteiger partial charge in [-0.25, -0.2) is 4.98 Å². The fraction of sp³-hybridized carbons (Fsp3) is 0. The number of nitrogens with zero attached hydrogens (tertiary/aromatic N) is 3. The second-order valence-corrected chi connectivity index (χ2v) is 7.20. The molecule has 7 nitrogen and oxygen atoms in total. The summed E-state index contributed by atoms with van der Waals surface area (Å²) in [5.74, 6) is 1.40. The van der Waals surface area contributed by atoms with Crippen LogP contribution in [0.4, 0.5) is 17.2 Å². The Hall–Kier alpha value is -4.78. The molecular weight excluding hydrogens is 414 g/mol. The molecule has 0 bridgehead atoms. The Morgan fingerprint density at radius 1 is 0.788 bits per heavy atom. The second-order valence-electron chi connectivity index (χ2n) is 7.20. The number of pyridine rings is 3. The first-order valence-corrected chi connectivity index (χ1v) is 10.3. The van der Waals surface area contributed by atoms with Gasteiger partial charge in [-0.3, -0.25) is 14.8 Å². The third-order valence-corrected chi connectivity index (χ3v) is 4.92. The zero-order valence-corrected chi connectivity index (χ0v) is 17.5. The van der Waals surface area contributed by atoms with E-state index in [0.29, 0.717) is 22.9 Å². The van der Waals surface area contributed by atoms with E-state index in [1.165, 1.54) is 0 Å². The highest BCUT2D eigenvalue weighted by atomic mass is 16.5. The van der Waals surface area contributed by atoms with Gasteiger partial charge in [0.15, 0.2) is 0 Å². The van der Waals surface area contributed by atoms with E-state index in [4.69, 9.17) is 4.74 Å². The van der Waals surface area contributed by atoms with Gasteiger partial charge < -0.3 is 15.4 Å². The summed E-state index contributed by atoms with van der Waals surface area (Å²) in [5, 5.41) is 7.20. The molecule has 0 aliphatic rings. The van der Waals surface area contributed by atoms with Crippen LogP contribution >= 0.6 is 0 Å². The van der Waals surface area contributed by atoms with Gasteiger partial charge in [0.1, 0.15) is 17.3 Å². The lowest BCUT2D eigenvalue weighted by molar-refractivity contribution is 0.102. The van der Waals surface area contributed by atoms with Crippen LogP contribution in [0.2, 0.25) is 0 Å². The van der Waals surface area contributed by atoms with Crippen molar-refractivity contribution < 1.29 is 9.53 Å². The number of hydrogen-bond acceptors (Lipinski definition) is 6. The summed E-state index contributed by atoms with van der Waals surface area (Å²) in [6, 6.07) is 24.1. The molecule has 5 aromatic rings. The van der Waals surface area contributed by atoms with Crippen LogP contribution in [0.1, 0.15) is 10.4 Å². The number of benzene rings is 2. The van der Waals surface area contributed by atoms with E-state index in [0.717, 1.165) is 22.3 Å². The van der Waals surface area contributed by atoms with Crippen LogP contribution in [-0.4, -0.2) is 20.9 Å². The lowest BCUT2D eigenvalue weighted by Crippen LogP contribution is -2.13. The molecule has 3 heterocycles. The monoisotopic (exact) mass is 433 g/mol. The van der Waals surface area contributed by atoms with Crippen LogP contribution in [0.3, 0.4) is 0 Å². The van der Waals surface area contributed by atoms with E-state index < -0.39 is 0 Å². The molecule has 0 radical (unpaired) electrons. The van der Waals surface area contributed by atoms with Crippen LogP contribution < -0.4 is 15.4 Å². The minimum absolute atomic E-state index is 0.256. The van der Waals surface area contributed by atoms with Crippen LogP contribution in [0, 0.1) is 0 Å². The van der Waals surface area contributed by atoms with Gasteiger partial charge in [-0.1, -0.05) is 24.3 Å². The van der Waals surface area contributed by atoms with E-state index in [2.05, 4.69) is 25.6 Å². The smallest absolute Gasteiger partial charge is 0.256 e. The van der Waals surface area contributed by atoms with Crippen molar-refractivity contribution >= 4 is 34.0 Å². The van der Waals surface area contributed by atoms with E-state index in [9.17, 15) is 4.79 Å². The predicted octanol–water partition coefficient (Wildman–Crippen LogP) is 5.81. The maximum atomic E-state index is 12.8. The van der Waals surface area contributed by atoms with Crippen molar-refractivity contribution in [3.63, 3.8) is 0 Å². The fourth-order valence-electron chi connectivity index (χ4n) is 3.34. The highest BCUT2D eigenvalue weighted by Crippen LogP contribution is 2.26. The van der Waals surface area contributed by atoms with Gasteiger partial charge >= 0.3 is 0 Å². The Morgan fingerprint density at radius 3 is 2.52 bits per heavy atom. The maximum absolute atomic E-state index is 12.8. The number of carbonyl (C=O) groups is 1. The van der Waals surface area contributed by atoms with Gasteiger partial charge in [0, 0.05) is 40.9 Å². The number of anilines is 3. The number of amides is 1. The third kappa shape index (κ3) is 4.77. The van der Waals surface area contributed by atoms with Crippen molar-refractivity contribution in [2.24, 2.45) is 0 Å². The first-order chi connectivity index (χ1) is 16.2. The van der Waals surface area contributed by atoms with Gasteiger partial charge in [-0.05, 0) is 54.6 Å². The predicted molar refractivity (Wildman–Crippen MR) is 128 cm³/mol. The van der Waals surface area contributed by atoms with Gasteiger partial charge in [-0.15, -0.1) is 0 Å². The number of aromatic nitrogens is 3. The van der Waals surface area contributed by atoms with Gasteiger partial charge in [0.25, 0.3) is 5.91 Å². The molecule has 2 N–H and O–H groups in total. The molecule has 5 rings (SSSR count). The fourth-order valence-corrected chi connectivity index (χ4v) is 3.34. The number of rotatable bonds is 6. The number of ether oxygens (including phenoxy) is 1. The quantitative estimate of drug-likeness (QED) is 0.351. The molecular formula is C26H19N5O2. The average molecular weight is 433 g/mol. The molecule has 0 saturated heterocycles. The normalized spacial score (nSPS) is 10.5. The zero-order valence-electron chi connectivity index (χ0n) is 17.5.